The van der Waals surface area contributed by atoms with Crippen LogP contribution < -0.4 is 5.32 Å². The number of amides is 2. The van der Waals surface area contributed by atoms with E-state index in [2.05, 4.69) is 21.2 Å². The van der Waals surface area contributed by atoms with Crippen LogP contribution >= 0.6 is 27.5 Å². The Hall–Kier alpha value is -1.27. The summed E-state index contributed by atoms with van der Waals surface area (Å²) in [5, 5.41) is 12.1. The number of halogens is 2. The van der Waals surface area contributed by atoms with Crippen molar-refractivity contribution in [2.24, 2.45) is 5.92 Å². The molecule has 110 valence electrons. The molecule has 0 aliphatic carbocycles. The maximum Gasteiger partial charge on any atom is 0.321 e. The normalized spacial score (nSPS) is 11.8. The van der Waals surface area contributed by atoms with Gasteiger partial charge in [-0.15, -0.1) is 0 Å². The van der Waals surface area contributed by atoms with Crippen LogP contribution in [-0.4, -0.2) is 35.1 Å². The Labute approximate surface area is 131 Å². The predicted octanol–water partition coefficient (Wildman–Crippen LogP) is 3.68. The van der Waals surface area contributed by atoms with Crippen molar-refractivity contribution in [3.8, 4) is 0 Å². The molecular formula is C13H16BrClN2O3. The molecule has 5 nitrogen and oxygen atoms in total. The number of carboxylic acids is 1. The summed E-state index contributed by atoms with van der Waals surface area (Å²) in [6, 6.07) is 4.77. The largest absolute Gasteiger partial charge is 0.481 e. The van der Waals surface area contributed by atoms with Crippen molar-refractivity contribution in [3.63, 3.8) is 0 Å². The molecule has 0 aliphatic heterocycles. The summed E-state index contributed by atoms with van der Waals surface area (Å²) in [5.41, 5.74) is 0.545. The second kappa shape index (κ2) is 7.50. The van der Waals surface area contributed by atoms with Crippen LogP contribution in [0.15, 0.2) is 22.7 Å². The molecule has 2 N–H and O–H groups in total. The van der Waals surface area contributed by atoms with Crippen molar-refractivity contribution < 1.29 is 14.7 Å². The lowest BCUT2D eigenvalue weighted by Gasteiger charge is -2.23. The highest BCUT2D eigenvalue weighted by atomic mass is 79.9. The molecule has 20 heavy (non-hydrogen) atoms. The topological polar surface area (TPSA) is 69.6 Å². The van der Waals surface area contributed by atoms with Gasteiger partial charge >= 0.3 is 12.0 Å². The van der Waals surface area contributed by atoms with Crippen molar-refractivity contribution in [1.29, 1.82) is 0 Å². The molecule has 0 saturated carbocycles. The minimum atomic E-state index is -0.930. The molecule has 0 radical (unpaired) electrons. The molecule has 1 aromatic carbocycles. The zero-order valence-electron chi connectivity index (χ0n) is 11.2. The van der Waals surface area contributed by atoms with Crippen LogP contribution in [0.4, 0.5) is 10.5 Å². The second-order valence-corrected chi connectivity index (χ2v) is 5.51. The average Bonchev–Trinajstić information content (AvgIpc) is 2.40. The van der Waals surface area contributed by atoms with Gasteiger partial charge in [-0.2, -0.15) is 0 Å². The minimum Gasteiger partial charge on any atom is -0.481 e. The summed E-state index contributed by atoms with van der Waals surface area (Å²) in [4.78, 5) is 24.4. The van der Waals surface area contributed by atoms with Crippen LogP contribution in [0.25, 0.3) is 0 Å². The van der Waals surface area contributed by atoms with E-state index in [4.69, 9.17) is 16.7 Å². The fourth-order valence-corrected chi connectivity index (χ4v) is 2.10. The monoisotopic (exact) mass is 362 g/mol. The van der Waals surface area contributed by atoms with Crippen LogP contribution in [-0.2, 0) is 4.79 Å². The van der Waals surface area contributed by atoms with Crippen LogP contribution in [0.5, 0.6) is 0 Å². The lowest BCUT2D eigenvalue weighted by Crippen LogP contribution is -2.39. The zero-order chi connectivity index (χ0) is 15.3. The number of nitrogens with one attached hydrogen (secondary N) is 1. The van der Waals surface area contributed by atoms with Gasteiger partial charge < -0.3 is 15.3 Å². The third-order valence-electron chi connectivity index (χ3n) is 2.78. The van der Waals surface area contributed by atoms with Crippen LogP contribution in [0.2, 0.25) is 5.02 Å². The fourth-order valence-electron chi connectivity index (χ4n) is 1.56. The number of rotatable bonds is 5. The summed E-state index contributed by atoms with van der Waals surface area (Å²) in [7, 11) is 0. The first kappa shape index (κ1) is 16.8. The number of hydrogen-bond acceptors (Lipinski definition) is 2. The molecule has 0 aliphatic rings. The van der Waals surface area contributed by atoms with E-state index in [0.717, 1.165) is 0 Å². The van der Waals surface area contributed by atoms with Gasteiger partial charge in [0.2, 0.25) is 0 Å². The molecule has 1 unspecified atom stereocenters. The molecule has 0 spiro atoms. The zero-order valence-corrected chi connectivity index (χ0v) is 13.5. The van der Waals surface area contributed by atoms with Crippen molar-refractivity contribution in [2.45, 2.75) is 13.8 Å². The number of carboxylic acid groups (broad SMARTS) is 1. The fraction of sp³-hybridized carbons (Fsp3) is 0.385. The predicted molar refractivity (Wildman–Crippen MR) is 82.2 cm³/mol. The Kier molecular flexibility index (Phi) is 6.29. The van der Waals surface area contributed by atoms with Gasteiger partial charge in [-0.25, -0.2) is 4.79 Å². The second-order valence-electron chi connectivity index (χ2n) is 4.31. The molecule has 0 aromatic heterocycles. The molecular weight excluding hydrogens is 348 g/mol. The molecule has 7 heteroatoms. The van der Waals surface area contributed by atoms with Gasteiger partial charge in [0.15, 0.2) is 0 Å². The van der Waals surface area contributed by atoms with E-state index in [0.29, 0.717) is 21.7 Å². The molecule has 0 bridgehead atoms. The first-order valence-corrected chi connectivity index (χ1v) is 7.26. The third kappa shape index (κ3) is 4.38. The third-order valence-corrected chi connectivity index (χ3v) is 4.18. The Morgan fingerprint density at radius 3 is 2.70 bits per heavy atom. The van der Waals surface area contributed by atoms with Gasteiger partial charge in [-0.05, 0) is 35.0 Å². The number of urea groups is 1. The summed E-state index contributed by atoms with van der Waals surface area (Å²) < 4.78 is 0.595. The van der Waals surface area contributed by atoms with Crippen LogP contribution in [0, 0.1) is 5.92 Å². The Balaban J connectivity index is 2.77. The van der Waals surface area contributed by atoms with Crippen molar-refractivity contribution >= 4 is 45.2 Å². The molecule has 0 saturated heterocycles. The van der Waals surface area contributed by atoms with E-state index in [1.165, 1.54) is 4.90 Å². The first-order chi connectivity index (χ1) is 9.36. The standard InChI is InChI=1S/C13H16BrClN2O3/c1-3-17(7-8(2)12(18)19)13(20)16-10-6-4-5-9(15)11(10)14/h4-6,8H,3,7H2,1-2H3,(H,16,20)(H,18,19). The van der Waals surface area contributed by atoms with Gasteiger partial charge in [0.25, 0.3) is 0 Å². The van der Waals surface area contributed by atoms with E-state index in [9.17, 15) is 9.59 Å². The lowest BCUT2D eigenvalue weighted by atomic mass is 10.2. The SMILES string of the molecule is CCN(CC(C)C(=O)O)C(=O)Nc1cccc(Cl)c1Br. The van der Waals surface area contributed by atoms with Crippen LogP contribution in [0.1, 0.15) is 13.8 Å². The van der Waals surface area contributed by atoms with Crippen LogP contribution in [0.3, 0.4) is 0 Å². The molecule has 0 fully saturated rings. The molecule has 1 aromatic rings. The van der Waals surface area contributed by atoms with Crippen molar-refractivity contribution in [3.05, 3.63) is 27.7 Å². The van der Waals surface area contributed by atoms with E-state index in [1.54, 1.807) is 32.0 Å². The van der Waals surface area contributed by atoms with Crippen molar-refractivity contribution in [1.82, 2.24) is 4.90 Å². The number of benzene rings is 1. The summed E-state index contributed by atoms with van der Waals surface area (Å²) in [5.74, 6) is -1.55. The highest BCUT2D eigenvalue weighted by molar-refractivity contribution is 9.10. The summed E-state index contributed by atoms with van der Waals surface area (Å²) in [6.07, 6.45) is 0. The number of carbonyl (C=O) groups is 2. The lowest BCUT2D eigenvalue weighted by molar-refractivity contribution is -0.141. The quantitative estimate of drug-likeness (QED) is 0.838. The van der Waals surface area contributed by atoms with Gasteiger partial charge in [0.05, 0.1) is 21.1 Å². The van der Waals surface area contributed by atoms with Gasteiger partial charge in [0, 0.05) is 13.1 Å². The first-order valence-electron chi connectivity index (χ1n) is 6.09. The van der Waals surface area contributed by atoms with Gasteiger partial charge in [-0.1, -0.05) is 24.6 Å². The van der Waals surface area contributed by atoms with Gasteiger partial charge in [-0.3, -0.25) is 4.79 Å². The maximum absolute atomic E-state index is 12.1. The van der Waals surface area contributed by atoms with E-state index >= 15 is 0 Å². The maximum atomic E-state index is 12.1. The highest BCUT2D eigenvalue weighted by Crippen LogP contribution is 2.30. The van der Waals surface area contributed by atoms with E-state index in [1.807, 2.05) is 0 Å². The minimum absolute atomic E-state index is 0.149. The summed E-state index contributed by atoms with van der Waals surface area (Å²) >= 11 is 9.24. The number of aliphatic carboxylic acids is 1. The molecule has 1 atom stereocenters. The molecule has 0 heterocycles. The number of nitrogens with zero attached hydrogens (tertiary/aromatic N) is 1. The van der Waals surface area contributed by atoms with E-state index in [-0.39, 0.29) is 12.6 Å². The average molecular weight is 364 g/mol. The number of hydrogen-bond donors (Lipinski definition) is 2. The van der Waals surface area contributed by atoms with E-state index < -0.39 is 11.9 Å². The smallest absolute Gasteiger partial charge is 0.321 e. The van der Waals surface area contributed by atoms with Crippen molar-refractivity contribution in [2.75, 3.05) is 18.4 Å². The molecule has 2 amide bonds. The number of anilines is 1. The molecule has 1 rings (SSSR count). The number of carbonyl (C=O) groups excluding carboxylic acids is 1. The Morgan fingerprint density at radius 2 is 2.15 bits per heavy atom. The Morgan fingerprint density at radius 1 is 1.50 bits per heavy atom. The summed E-state index contributed by atoms with van der Waals surface area (Å²) in [6.45, 7) is 3.92. The van der Waals surface area contributed by atoms with Gasteiger partial charge in [0.1, 0.15) is 0 Å². The Bertz CT molecular complexity index is 510. The highest BCUT2D eigenvalue weighted by Gasteiger charge is 2.20.